The highest BCUT2D eigenvalue weighted by Crippen LogP contribution is 2.38. The molecule has 82 valence electrons. The Hall–Kier alpha value is -1.68. The van der Waals surface area contributed by atoms with Crippen LogP contribution in [0, 0.1) is 6.92 Å². The van der Waals surface area contributed by atoms with Crippen LogP contribution in [0.5, 0.6) is 11.5 Å². The van der Waals surface area contributed by atoms with Gasteiger partial charge in [0.25, 0.3) is 0 Å². The maximum atomic E-state index is 5.76. The third-order valence-corrected chi connectivity index (χ3v) is 2.75. The molecule has 2 aromatic rings. The number of hydrogen-bond acceptors (Lipinski definition) is 3. The van der Waals surface area contributed by atoms with E-state index in [0.29, 0.717) is 5.28 Å². The van der Waals surface area contributed by atoms with Crippen molar-refractivity contribution in [3.63, 3.8) is 0 Å². The van der Waals surface area contributed by atoms with E-state index in [1.165, 1.54) is 0 Å². The van der Waals surface area contributed by atoms with Gasteiger partial charge in [-0.3, -0.25) is 0 Å². The van der Waals surface area contributed by atoms with Crippen LogP contribution in [0.1, 0.15) is 5.56 Å². The molecule has 1 N–H and O–H groups in total. The summed E-state index contributed by atoms with van der Waals surface area (Å²) in [5, 5.41) is 0.382. The number of halogens is 1. The molecule has 1 aromatic heterocycles. The Bertz CT molecular complexity index is 551. The van der Waals surface area contributed by atoms with Gasteiger partial charge >= 0.3 is 0 Å². The fourth-order valence-corrected chi connectivity index (χ4v) is 1.92. The van der Waals surface area contributed by atoms with Crippen molar-refractivity contribution in [2.45, 2.75) is 6.92 Å². The number of ether oxygens (including phenoxy) is 2. The van der Waals surface area contributed by atoms with Crippen LogP contribution in [0.25, 0.3) is 11.3 Å². The number of hydrogen-bond donors (Lipinski definition) is 1. The second-order valence-electron chi connectivity index (χ2n) is 3.61. The number of nitrogens with zero attached hydrogens (tertiary/aromatic N) is 1. The molecule has 0 aliphatic carbocycles. The van der Waals surface area contributed by atoms with E-state index < -0.39 is 0 Å². The van der Waals surface area contributed by atoms with E-state index in [-0.39, 0.29) is 6.79 Å². The van der Waals surface area contributed by atoms with E-state index in [1.54, 1.807) is 6.20 Å². The Morgan fingerprint density at radius 3 is 2.75 bits per heavy atom. The van der Waals surface area contributed by atoms with Crippen LogP contribution in [-0.2, 0) is 0 Å². The molecule has 0 unspecified atom stereocenters. The van der Waals surface area contributed by atoms with Crippen molar-refractivity contribution in [3.8, 4) is 22.8 Å². The van der Waals surface area contributed by atoms with E-state index in [4.69, 9.17) is 21.1 Å². The number of rotatable bonds is 1. The first-order valence-electron chi connectivity index (χ1n) is 4.85. The topological polar surface area (TPSA) is 47.1 Å². The molecule has 0 fully saturated rings. The average molecular weight is 237 g/mol. The lowest BCUT2D eigenvalue weighted by Crippen LogP contribution is -1.92. The molecular weight excluding hydrogens is 228 g/mol. The number of aryl methyl sites for hydroxylation is 1. The predicted octanol–water partition coefficient (Wildman–Crippen LogP) is 2.77. The summed E-state index contributed by atoms with van der Waals surface area (Å²) in [5.41, 5.74) is 2.98. The minimum atomic E-state index is 0.280. The molecule has 4 nitrogen and oxygen atoms in total. The highest BCUT2D eigenvalue weighted by molar-refractivity contribution is 6.28. The normalized spacial score (nSPS) is 13.1. The maximum Gasteiger partial charge on any atom is 0.231 e. The SMILES string of the molecule is Cc1cc2c(cc1-c1cnc(Cl)[nH]1)OCO2. The van der Waals surface area contributed by atoms with Crippen LogP contribution < -0.4 is 9.47 Å². The van der Waals surface area contributed by atoms with E-state index >= 15 is 0 Å². The van der Waals surface area contributed by atoms with Crippen LogP contribution in [-0.4, -0.2) is 16.8 Å². The van der Waals surface area contributed by atoms with Crippen LogP contribution in [0.3, 0.4) is 0 Å². The molecule has 0 atom stereocenters. The van der Waals surface area contributed by atoms with Gasteiger partial charge in [0.2, 0.25) is 6.79 Å². The van der Waals surface area contributed by atoms with Crippen molar-refractivity contribution in [2.75, 3.05) is 6.79 Å². The monoisotopic (exact) mass is 236 g/mol. The fraction of sp³-hybridized carbons (Fsp3) is 0.182. The van der Waals surface area contributed by atoms with Crippen molar-refractivity contribution >= 4 is 11.6 Å². The van der Waals surface area contributed by atoms with Crippen molar-refractivity contribution in [1.82, 2.24) is 9.97 Å². The Balaban J connectivity index is 2.14. The molecule has 0 radical (unpaired) electrons. The van der Waals surface area contributed by atoms with Crippen molar-refractivity contribution in [2.24, 2.45) is 0 Å². The lowest BCUT2D eigenvalue weighted by Gasteiger charge is -2.05. The maximum absolute atomic E-state index is 5.76. The summed E-state index contributed by atoms with van der Waals surface area (Å²) in [5.74, 6) is 1.54. The number of H-pyrrole nitrogens is 1. The van der Waals surface area contributed by atoms with Crippen LogP contribution in [0.15, 0.2) is 18.3 Å². The highest BCUT2D eigenvalue weighted by atomic mass is 35.5. The molecular formula is C11H9ClN2O2. The number of benzene rings is 1. The summed E-state index contributed by atoms with van der Waals surface area (Å²) in [6, 6.07) is 3.88. The molecule has 1 aromatic carbocycles. The second-order valence-corrected chi connectivity index (χ2v) is 3.97. The minimum absolute atomic E-state index is 0.280. The zero-order chi connectivity index (χ0) is 11.1. The first-order chi connectivity index (χ1) is 7.74. The Morgan fingerprint density at radius 2 is 2.06 bits per heavy atom. The van der Waals surface area contributed by atoms with Crippen LogP contribution >= 0.6 is 11.6 Å². The zero-order valence-electron chi connectivity index (χ0n) is 8.58. The van der Waals surface area contributed by atoms with Gasteiger partial charge in [-0.1, -0.05) is 0 Å². The second kappa shape index (κ2) is 3.42. The van der Waals surface area contributed by atoms with Crippen molar-refractivity contribution in [3.05, 3.63) is 29.2 Å². The first kappa shape index (κ1) is 9.54. The Labute approximate surface area is 97.2 Å². The number of imidazole rings is 1. The molecule has 0 spiro atoms. The van der Waals surface area contributed by atoms with Crippen molar-refractivity contribution < 1.29 is 9.47 Å². The zero-order valence-corrected chi connectivity index (χ0v) is 9.34. The number of nitrogens with one attached hydrogen (secondary N) is 1. The molecule has 3 rings (SSSR count). The smallest absolute Gasteiger partial charge is 0.231 e. The molecule has 0 saturated carbocycles. The summed E-state index contributed by atoms with van der Waals surface area (Å²) < 4.78 is 10.6. The predicted molar refractivity (Wildman–Crippen MR) is 59.9 cm³/mol. The summed E-state index contributed by atoms with van der Waals surface area (Å²) in [4.78, 5) is 6.95. The molecule has 0 amide bonds. The van der Waals surface area contributed by atoms with Crippen molar-refractivity contribution in [1.29, 1.82) is 0 Å². The summed E-state index contributed by atoms with van der Waals surface area (Å²) in [7, 11) is 0. The number of aromatic nitrogens is 2. The van der Waals surface area contributed by atoms with Crippen LogP contribution in [0.4, 0.5) is 0 Å². The summed E-state index contributed by atoms with van der Waals surface area (Å²) in [6.07, 6.45) is 1.70. The van der Waals surface area contributed by atoms with Gasteiger partial charge in [0.1, 0.15) is 0 Å². The van der Waals surface area contributed by atoms with Gasteiger partial charge in [-0.05, 0) is 36.2 Å². The molecule has 2 heterocycles. The van der Waals surface area contributed by atoms with E-state index in [9.17, 15) is 0 Å². The fourth-order valence-electron chi connectivity index (χ4n) is 1.77. The van der Waals surface area contributed by atoms with Crippen LogP contribution in [0.2, 0.25) is 5.28 Å². The number of fused-ring (bicyclic) bond motifs is 1. The van der Waals surface area contributed by atoms with E-state index in [2.05, 4.69) is 9.97 Å². The largest absolute Gasteiger partial charge is 0.454 e. The van der Waals surface area contributed by atoms with Gasteiger partial charge in [0.15, 0.2) is 16.8 Å². The van der Waals surface area contributed by atoms with Gasteiger partial charge in [-0.25, -0.2) is 4.98 Å². The summed E-state index contributed by atoms with van der Waals surface area (Å²) in [6.45, 7) is 2.29. The average Bonchev–Trinajstić information content (AvgIpc) is 2.84. The third kappa shape index (κ3) is 1.42. The van der Waals surface area contributed by atoms with Gasteiger partial charge in [-0.15, -0.1) is 0 Å². The van der Waals surface area contributed by atoms with Gasteiger partial charge in [0, 0.05) is 5.56 Å². The highest BCUT2D eigenvalue weighted by Gasteiger charge is 2.17. The molecule has 5 heteroatoms. The quantitative estimate of drug-likeness (QED) is 0.828. The van der Waals surface area contributed by atoms with Gasteiger partial charge in [0.05, 0.1) is 11.9 Å². The van der Waals surface area contributed by atoms with E-state index in [1.807, 2.05) is 19.1 Å². The van der Waals surface area contributed by atoms with E-state index in [0.717, 1.165) is 28.3 Å². The lowest BCUT2D eigenvalue weighted by molar-refractivity contribution is 0.174. The molecule has 0 saturated heterocycles. The first-order valence-corrected chi connectivity index (χ1v) is 5.23. The Kier molecular flexibility index (Phi) is 2.04. The van der Waals surface area contributed by atoms with Gasteiger partial charge < -0.3 is 14.5 Å². The molecule has 1 aliphatic heterocycles. The summed E-state index contributed by atoms with van der Waals surface area (Å²) >= 11 is 5.76. The molecule has 0 bridgehead atoms. The standard InChI is InChI=1S/C11H9ClN2O2/c1-6-2-9-10(16-5-15-9)3-7(6)8-4-13-11(12)14-8/h2-4H,5H2,1H3,(H,13,14). The van der Waals surface area contributed by atoms with Gasteiger partial charge in [-0.2, -0.15) is 0 Å². The lowest BCUT2D eigenvalue weighted by atomic mass is 10.1. The molecule has 16 heavy (non-hydrogen) atoms. The number of aromatic amines is 1. The Morgan fingerprint density at radius 1 is 1.31 bits per heavy atom. The minimum Gasteiger partial charge on any atom is -0.454 e. The third-order valence-electron chi connectivity index (χ3n) is 2.55. The molecule has 1 aliphatic rings.